The molecule has 1 amide bonds. The van der Waals surface area contributed by atoms with Gasteiger partial charge in [-0.05, 0) is 48.2 Å². The molecule has 2 aromatic rings. The first-order valence-electron chi connectivity index (χ1n) is 8.04. The molecule has 0 saturated heterocycles. The van der Waals surface area contributed by atoms with Crippen molar-refractivity contribution in [3.05, 3.63) is 65.5 Å². The Morgan fingerprint density at radius 2 is 1.75 bits per heavy atom. The van der Waals surface area contributed by atoms with Crippen LogP contribution in [0.15, 0.2) is 48.5 Å². The SMILES string of the molecule is O=C(Cc1ccc(O)cc1)N(CC(O)c1ccc(F)cc1)C1CC1. The predicted octanol–water partition coefficient (Wildman–Crippen LogP) is 2.80. The van der Waals surface area contributed by atoms with Crippen LogP contribution in [0.2, 0.25) is 0 Å². The molecule has 2 N–H and O–H groups in total. The number of nitrogens with zero attached hydrogens (tertiary/aromatic N) is 1. The van der Waals surface area contributed by atoms with Crippen molar-refractivity contribution >= 4 is 5.91 Å². The van der Waals surface area contributed by atoms with Crippen LogP contribution in [0, 0.1) is 5.82 Å². The number of carbonyl (C=O) groups is 1. The van der Waals surface area contributed by atoms with Crippen LogP contribution in [0.5, 0.6) is 5.75 Å². The van der Waals surface area contributed by atoms with E-state index in [1.807, 2.05) is 0 Å². The van der Waals surface area contributed by atoms with Crippen molar-refractivity contribution in [2.75, 3.05) is 6.54 Å². The molecular weight excluding hydrogens is 309 g/mol. The predicted molar refractivity (Wildman–Crippen MR) is 87.9 cm³/mol. The van der Waals surface area contributed by atoms with Crippen molar-refractivity contribution < 1.29 is 19.4 Å². The molecule has 0 spiro atoms. The number of aliphatic hydroxyl groups is 1. The van der Waals surface area contributed by atoms with Gasteiger partial charge in [-0.25, -0.2) is 4.39 Å². The number of hydrogen-bond acceptors (Lipinski definition) is 3. The quantitative estimate of drug-likeness (QED) is 0.857. The van der Waals surface area contributed by atoms with Crippen molar-refractivity contribution in [3.63, 3.8) is 0 Å². The van der Waals surface area contributed by atoms with E-state index in [1.165, 1.54) is 24.3 Å². The van der Waals surface area contributed by atoms with Gasteiger partial charge in [0.05, 0.1) is 19.1 Å². The zero-order valence-corrected chi connectivity index (χ0v) is 13.2. The van der Waals surface area contributed by atoms with Gasteiger partial charge in [-0.2, -0.15) is 0 Å². The lowest BCUT2D eigenvalue weighted by molar-refractivity contribution is -0.132. The number of benzene rings is 2. The number of phenols is 1. The second-order valence-corrected chi connectivity index (χ2v) is 6.19. The zero-order chi connectivity index (χ0) is 17.1. The van der Waals surface area contributed by atoms with Crippen molar-refractivity contribution in [2.24, 2.45) is 0 Å². The fraction of sp³-hybridized carbons (Fsp3) is 0.316. The third-order valence-corrected chi connectivity index (χ3v) is 4.22. The minimum absolute atomic E-state index is 0.0515. The van der Waals surface area contributed by atoms with Gasteiger partial charge in [0.15, 0.2) is 0 Å². The second kappa shape index (κ2) is 7.01. The van der Waals surface area contributed by atoms with Gasteiger partial charge in [0.1, 0.15) is 11.6 Å². The van der Waals surface area contributed by atoms with Crippen molar-refractivity contribution in [2.45, 2.75) is 31.4 Å². The molecule has 2 aromatic carbocycles. The number of halogens is 1. The van der Waals surface area contributed by atoms with Gasteiger partial charge in [-0.15, -0.1) is 0 Å². The summed E-state index contributed by atoms with van der Waals surface area (Å²) in [6.07, 6.45) is 1.27. The average molecular weight is 329 g/mol. The standard InChI is InChI=1S/C19H20FNO3/c20-15-5-3-14(4-6-15)18(23)12-21(16-7-8-16)19(24)11-13-1-9-17(22)10-2-13/h1-6,9-10,16,18,22-23H,7-8,11-12H2. The lowest BCUT2D eigenvalue weighted by atomic mass is 10.1. The van der Waals surface area contributed by atoms with E-state index in [4.69, 9.17) is 0 Å². The van der Waals surface area contributed by atoms with Crippen LogP contribution in [0.4, 0.5) is 4.39 Å². The Kier molecular flexibility index (Phi) is 4.81. The van der Waals surface area contributed by atoms with Crippen LogP contribution < -0.4 is 0 Å². The van der Waals surface area contributed by atoms with E-state index in [9.17, 15) is 19.4 Å². The molecule has 4 nitrogen and oxygen atoms in total. The molecule has 3 rings (SSSR count). The van der Waals surface area contributed by atoms with Gasteiger partial charge >= 0.3 is 0 Å². The summed E-state index contributed by atoms with van der Waals surface area (Å²) in [6.45, 7) is 0.202. The van der Waals surface area contributed by atoms with E-state index in [-0.39, 0.29) is 36.5 Å². The fourth-order valence-corrected chi connectivity index (χ4v) is 2.71. The molecule has 1 saturated carbocycles. The smallest absolute Gasteiger partial charge is 0.227 e. The minimum Gasteiger partial charge on any atom is -0.508 e. The monoisotopic (exact) mass is 329 g/mol. The average Bonchev–Trinajstić information content (AvgIpc) is 3.40. The van der Waals surface area contributed by atoms with Crippen LogP contribution in [-0.4, -0.2) is 33.6 Å². The Bertz CT molecular complexity index is 696. The van der Waals surface area contributed by atoms with Gasteiger partial charge in [-0.1, -0.05) is 24.3 Å². The first kappa shape index (κ1) is 16.5. The van der Waals surface area contributed by atoms with Gasteiger partial charge < -0.3 is 15.1 Å². The highest BCUT2D eigenvalue weighted by atomic mass is 19.1. The van der Waals surface area contributed by atoms with E-state index in [0.717, 1.165) is 18.4 Å². The highest BCUT2D eigenvalue weighted by Gasteiger charge is 2.33. The Balaban J connectivity index is 1.66. The molecule has 1 unspecified atom stereocenters. The van der Waals surface area contributed by atoms with E-state index >= 15 is 0 Å². The minimum atomic E-state index is -0.838. The van der Waals surface area contributed by atoms with Gasteiger partial charge in [0.25, 0.3) is 0 Å². The molecule has 1 aliphatic rings. The van der Waals surface area contributed by atoms with Gasteiger partial charge in [-0.3, -0.25) is 4.79 Å². The number of aromatic hydroxyl groups is 1. The van der Waals surface area contributed by atoms with Crippen LogP contribution in [0.3, 0.4) is 0 Å². The molecule has 5 heteroatoms. The topological polar surface area (TPSA) is 60.8 Å². The number of carbonyl (C=O) groups excluding carboxylic acids is 1. The Morgan fingerprint density at radius 3 is 2.33 bits per heavy atom. The molecular formula is C19H20FNO3. The summed E-state index contributed by atoms with van der Waals surface area (Å²) in [4.78, 5) is 14.3. The lowest BCUT2D eigenvalue weighted by Gasteiger charge is -2.25. The second-order valence-electron chi connectivity index (χ2n) is 6.19. The first-order chi connectivity index (χ1) is 11.5. The van der Waals surface area contributed by atoms with E-state index in [1.54, 1.807) is 29.2 Å². The molecule has 1 aliphatic carbocycles. The summed E-state index contributed by atoms with van der Waals surface area (Å²) in [7, 11) is 0. The highest BCUT2D eigenvalue weighted by Crippen LogP contribution is 2.29. The van der Waals surface area contributed by atoms with E-state index in [0.29, 0.717) is 5.56 Å². The van der Waals surface area contributed by atoms with Crippen molar-refractivity contribution in [3.8, 4) is 5.75 Å². The molecule has 0 radical (unpaired) electrons. The first-order valence-corrected chi connectivity index (χ1v) is 8.04. The van der Waals surface area contributed by atoms with Crippen LogP contribution >= 0.6 is 0 Å². The molecule has 0 bridgehead atoms. The Hall–Kier alpha value is -2.40. The van der Waals surface area contributed by atoms with Gasteiger partial charge in [0.2, 0.25) is 5.91 Å². The molecule has 1 atom stereocenters. The maximum Gasteiger partial charge on any atom is 0.227 e. The fourth-order valence-electron chi connectivity index (χ4n) is 2.71. The van der Waals surface area contributed by atoms with E-state index < -0.39 is 6.10 Å². The van der Waals surface area contributed by atoms with E-state index in [2.05, 4.69) is 0 Å². The third kappa shape index (κ3) is 4.11. The third-order valence-electron chi connectivity index (χ3n) is 4.22. The summed E-state index contributed by atoms with van der Waals surface area (Å²) in [5.41, 5.74) is 1.42. The Morgan fingerprint density at radius 1 is 1.12 bits per heavy atom. The summed E-state index contributed by atoms with van der Waals surface area (Å²) in [5, 5.41) is 19.7. The largest absolute Gasteiger partial charge is 0.508 e. The maximum atomic E-state index is 13.0. The van der Waals surface area contributed by atoms with Crippen LogP contribution in [-0.2, 0) is 11.2 Å². The summed E-state index contributed by atoms with van der Waals surface area (Å²) in [6, 6.07) is 12.4. The normalized spacial score (nSPS) is 15.1. The molecule has 0 aliphatic heterocycles. The molecule has 1 fully saturated rings. The number of rotatable bonds is 6. The number of phenolic OH excluding ortho intramolecular Hbond substituents is 1. The lowest BCUT2D eigenvalue weighted by Crippen LogP contribution is -2.37. The maximum absolute atomic E-state index is 13.0. The molecule has 0 heterocycles. The van der Waals surface area contributed by atoms with Gasteiger partial charge in [0, 0.05) is 6.04 Å². The zero-order valence-electron chi connectivity index (χ0n) is 13.2. The van der Waals surface area contributed by atoms with Crippen molar-refractivity contribution in [1.29, 1.82) is 0 Å². The Labute approximate surface area is 140 Å². The summed E-state index contributed by atoms with van der Waals surface area (Å²) < 4.78 is 13.0. The summed E-state index contributed by atoms with van der Waals surface area (Å²) >= 11 is 0. The number of aliphatic hydroxyl groups excluding tert-OH is 1. The molecule has 24 heavy (non-hydrogen) atoms. The summed E-state index contributed by atoms with van der Waals surface area (Å²) in [5.74, 6) is -0.241. The molecule has 126 valence electrons. The molecule has 0 aromatic heterocycles. The number of amides is 1. The van der Waals surface area contributed by atoms with Crippen molar-refractivity contribution in [1.82, 2.24) is 4.90 Å². The van der Waals surface area contributed by atoms with Crippen LogP contribution in [0.1, 0.15) is 30.1 Å². The number of hydrogen-bond donors (Lipinski definition) is 2. The van der Waals surface area contributed by atoms with Crippen LogP contribution in [0.25, 0.3) is 0 Å². The highest BCUT2D eigenvalue weighted by molar-refractivity contribution is 5.79.